The summed E-state index contributed by atoms with van der Waals surface area (Å²) in [7, 11) is -4.36. The van der Waals surface area contributed by atoms with Gasteiger partial charge in [-0.2, -0.15) is 17.5 Å². The van der Waals surface area contributed by atoms with Crippen molar-refractivity contribution in [2.45, 2.75) is 34.5 Å². The molecule has 2 atom stereocenters. The third-order valence-corrected chi connectivity index (χ3v) is 7.75. The van der Waals surface area contributed by atoms with E-state index in [2.05, 4.69) is 0 Å². The van der Waals surface area contributed by atoms with Crippen LogP contribution in [0.5, 0.6) is 0 Å². The number of halogens is 3. The van der Waals surface area contributed by atoms with Gasteiger partial charge in [-0.05, 0) is 36.2 Å². The second kappa shape index (κ2) is 8.33. The largest absolute Gasteiger partial charge is 0.442 e. The Kier molecular flexibility index (Phi) is 6.20. The summed E-state index contributed by atoms with van der Waals surface area (Å²) < 4.78 is 66.5. The predicted octanol–water partition coefficient (Wildman–Crippen LogP) is 4.22. The second-order valence-corrected chi connectivity index (χ2v) is 9.65. The number of para-hydroxylation sites is 1. The monoisotopic (exact) mass is 446 g/mol. The predicted molar refractivity (Wildman–Crippen MR) is 103 cm³/mol. The first-order chi connectivity index (χ1) is 13.6. The highest BCUT2D eigenvalue weighted by atomic mass is 32.2. The van der Waals surface area contributed by atoms with E-state index in [-0.39, 0.29) is 31.1 Å². The number of alkyl halides is 3. The fourth-order valence-corrected chi connectivity index (χ4v) is 6.32. The zero-order valence-electron chi connectivity index (χ0n) is 14.9. The van der Waals surface area contributed by atoms with Crippen LogP contribution in [-0.4, -0.2) is 41.0 Å². The van der Waals surface area contributed by atoms with Crippen molar-refractivity contribution in [1.29, 1.82) is 0 Å². The number of thioether (sulfide) groups is 1. The molecule has 1 heterocycles. The summed E-state index contributed by atoms with van der Waals surface area (Å²) in [4.78, 5) is 9.96. The minimum atomic E-state index is -4.52. The molecule has 0 amide bonds. The van der Waals surface area contributed by atoms with E-state index in [0.717, 1.165) is 16.4 Å². The van der Waals surface area contributed by atoms with Gasteiger partial charge in [0.1, 0.15) is 0 Å². The highest BCUT2D eigenvalue weighted by Gasteiger charge is 2.47. The molecule has 1 saturated heterocycles. The molecule has 0 aliphatic carbocycles. The molecular formula is C18H17F3N2O4S2. The van der Waals surface area contributed by atoms with Crippen LogP contribution < -0.4 is 0 Å². The van der Waals surface area contributed by atoms with Crippen LogP contribution in [0.3, 0.4) is 0 Å². The minimum absolute atomic E-state index is 0.00153. The number of sulfonamides is 1. The lowest BCUT2D eigenvalue weighted by atomic mass is 10.0. The average Bonchev–Trinajstić information content (AvgIpc) is 3.04. The van der Waals surface area contributed by atoms with Gasteiger partial charge in [0.2, 0.25) is 10.0 Å². The highest BCUT2D eigenvalue weighted by molar-refractivity contribution is 8.00. The van der Waals surface area contributed by atoms with Gasteiger partial charge >= 0.3 is 5.51 Å². The highest BCUT2D eigenvalue weighted by Crippen LogP contribution is 2.43. The van der Waals surface area contributed by atoms with E-state index in [4.69, 9.17) is 0 Å². The molecule has 29 heavy (non-hydrogen) atoms. The van der Waals surface area contributed by atoms with Crippen molar-refractivity contribution in [1.82, 2.24) is 4.31 Å². The van der Waals surface area contributed by atoms with E-state index in [1.165, 1.54) is 12.1 Å². The van der Waals surface area contributed by atoms with Gasteiger partial charge in [0.25, 0.3) is 5.69 Å². The van der Waals surface area contributed by atoms with E-state index in [1.807, 2.05) is 0 Å². The summed E-state index contributed by atoms with van der Waals surface area (Å²) in [5, 5.41) is 10.3. The maximum Gasteiger partial charge on any atom is 0.442 e. The number of rotatable bonds is 6. The number of nitro groups is 1. The molecule has 1 aliphatic heterocycles. The number of nitro benzene ring substituents is 1. The molecule has 0 radical (unpaired) electrons. The SMILES string of the molecule is O=[N+]([O-])c1ccccc1S(=O)(=O)N1CC[C@H](SC(F)(F)F)[C@H]1Cc1ccccc1. The summed E-state index contributed by atoms with van der Waals surface area (Å²) in [6.07, 6.45) is 0.0794. The first-order valence-corrected chi connectivity index (χ1v) is 11.0. The van der Waals surface area contributed by atoms with Gasteiger partial charge in [-0.3, -0.25) is 10.1 Å². The lowest BCUT2D eigenvalue weighted by molar-refractivity contribution is -0.387. The average molecular weight is 446 g/mol. The summed E-state index contributed by atoms with van der Waals surface area (Å²) >= 11 is -0.223. The van der Waals surface area contributed by atoms with Crippen molar-refractivity contribution < 1.29 is 26.5 Å². The molecule has 1 fully saturated rings. The molecule has 11 heteroatoms. The smallest absolute Gasteiger partial charge is 0.258 e. The fraction of sp³-hybridized carbons (Fsp3) is 0.333. The van der Waals surface area contributed by atoms with Crippen LogP contribution in [-0.2, 0) is 16.4 Å². The van der Waals surface area contributed by atoms with Crippen LogP contribution in [0.2, 0.25) is 0 Å². The van der Waals surface area contributed by atoms with Gasteiger partial charge in [-0.25, -0.2) is 8.42 Å². The first kappa shape index (κ1) is 21.6. The number of hydrogen-bond donors (Lipinski definition) is 0. The van der Waals surface area contributed by atoms with Gasteiger partial charge in [0, 0.05) is 23.9 Å². The lowest BCUT2D eigenvalue weighted by Gasteiger charge is -2.28. The molecule has 3 rings (SSSR count). The Bertz CT molecular complexity index is 984. The fourth-order valence-electron chi connectivity index (χ4n) is 3.45. The molecule has 0 saturated carbocycles. The molecule has 2 aromatic carbocycles. The molecule has 1 aliphatic rings. The Morgan fingerprint density at radius 1 is 1.10 bits per heavy atom. The Labute approximate surface area is 169 Å². The van der Waals surface area contributed by atoms with E-state index in [1.54, 1.807) is 30.3 Å². The molecular weight excluding hydrogens is 429 g/mol. The van der Waals surface area contributed by atoms with Crippen LogP contribution in [0.4, 0.5) is 18.9 Å². The Morgan fingerprint density at radius 3 is 2.34 bits per heavy atom. The van der Waals surface area contributed by atoms with Crippen LogP contribution in [0.25, 0.3) is 0 Å². The van der Waals surface area contributed by atoms with Crippen LogP contribution in [0.15, 0.2) is 59.5 Å². The Balaban J connectivity index is 2.00. The molecule has 0 bridgehead atoms. The summed E-state index contributed by atoms with van der Waals surface area (Å²) in [5.41, 5.74) is -4.43. The van der Waals surface area contributed by atoms with Crippen LogP contribution >= 0.6 is 11.8 Å². The van der Waals surface area contributed by atoms with Crippen molar-refractivity contribution >= 4 is 27.5 Å². The molecule has 0 aromatic heterocycles. The van der Waals surface area contributed by atoms with Crippen molar-refractivity contribution in [2.24, 2.45) is 0 Å². The number of nitrogens with zero attached hydrogens (tertiary/aromatic N) is 2. The lowest BCUT2D eigenvalue weighted by Crippen LogP contribution is -2.41. The zero-order valence-corrected chi connectivity index (χ0v) is 16.6. The molecule has 2 aromatic rings. The maximum absolute atomic E-state index is 13.2. The van der Waals surface area contributed by atoms with Gasteiger partial charge in [-0.15, -0.1) is 0 Å². The zero-order chi connectivity index (χ0) is 21.2. The number of benzene rings is 2. The molecule has 0 spiro atoms. The Hall–Kier alpha value is -2.11. The van der Waals surface area contributed by atoms with Crippen LogP contribution in [0.1, 0.15) is 12.0 Å². The van der Waals surface area contributed by atoms with Crippen molar-refractivity contribution in [3.63, 3.8) is 0 Å². The quantitative estimate of drug-likeness (QED) is 0.490. The standard InChI is InChI=1S/C18H17F3N2O4S2/c19-18(20,21)28-16-10-11-22(15(16)12-13-6-2-1-3-7-13)29(26,27)17-9-5-4-8-14(17)23(24)25/h1-9,15-16H,10-12H2/t15-,16+/m1/s1. The molecule has 156 valence electrons. The maximum atomic E-state index is 13.2. The van der Waals surface area contributed by atoms with E-state index in [0.29, 0.717) is 5.56 Å². The minimum Gasteiger partial charge on any atom is -0.258 e. The van der Waals surface area contributed by atoms with E-state index < -0.39 is 42.3 Å². The summed E-state index contributed by atoms with van der Waals surface area (Å²) in [6, 6.07) is 12.5. The second-order valence-electron chi connectivity index (χ2n) is 6.49. The van der Waals surface area contributed by atoms with Gasteiger partial charge in [0.05, 0.1) is 4.92 Å². The first-order valence-electron chi connectivity index (χ1n) is 8.63. The third-order valence-electron chi connectivity index (χ3n) is 4.65. The van der Waals surface area contributed by atoms with Gasteiger partial charge < -0.3 is 0 Å². The van der Waals surface area contributed by atoms with Crippen molar-refractivity contribution in [3.8, 4) is 0 Å². The van der Waals surface area contributed by atoms with Crippen molar-refractivity contribution in [2.75, 3.05) is 6.54 Å². The molecule has 6 nitrogen and oxygen atoms in total. The number of hydrogen-bond acceptors (Lipinski definition) is 5. The third kappa shape index (κ3) is 4.90. The van der Waals surface area contributed by atoms with Crippen LogP contribution in [0, 0.1) is 10.1 Å². The summed E-state index contributed by atoms with van der Waals surface area (Å²) in [6.45, 7) is -0.139. The topological polar surface area (TPSA) is 80.5 Å². The molecule has 0 unspecified atom stereocenters. The Morgan fingerprint density at radius 2 is 1.72 bits per heavy atom. The summed E-state index contributed by atoms with van der Waals surface area (Å²) in [5.74, 6) is 0. The van der Waals surface area contributed by atoms with Crippen molar-refractivity contribution in [3.05, 3.63) is 70.3 Å². The van der Waals surface area contributed by atoms with E-state index in [9.17, 15) is 31.7 Å². The normalized spacial score (nSPS) is 20.7. The van der Waals surface area contributed by atoms with E-state index >= 15 is 0 Å². The molecule has 0 N–H and O–H groups in total. The van der Waals surface area contributed by atoms with Gasteiger partial charge in [0.15, 0.2) is 4.90 Å². The van der Waals surface area contributed by atoms with Gasteiger partial charge in [-0.1, -0.05) is 42.5 Å².